The molecule has 0 atom stereocenters. The van der Waals surface area contributed by atoms with E-state index in [1.165, 1.54) is 0 Å². The third-order valence-electron chi connectivity index (χ3n) is 2.54. The molecule has 0 aliphatic rings. The van der Waals surface area contributed by atoms with Crippen molar-refractivity contribution in [1.29, 1.82) is 0 Å². The molecule has 0 saturated carbocycles. The molecule has 90 valence electrons. The summed E-state index contributed by atoms with van der Waals surface area (Å²) in [7, 11) is 0. The summed E-state index contributed by atoms with van der Waals surface area (Å²) < 4.78 is 0.984. The monoisotopic (exact) mass is 370 g/mol. The van der Waals surface area contributed by atoms with Crippen LogP contribution in [0.2, 0.25) is 0 Å². The van der Waals surface area contributed by atoms with Crippen molar-refractivity contribution in [3.05, 3.63) is 45.9 Å². The number of alkyl halides is 4. The molecule has 5 heteroatoms. The molecule has 0 aliphatic heterocycles. The van der Waals surface area contributed by atoms with Crippen LogP contribution in [-0.2, 0) is 0 Å². The second-order valence-corrected chi connectivity index (χ2v) is 6.55. The maximum Gasteiger partial charge on any atom is 0.133 e. The van der Waals surface area contributed by atoms with Gasteiger partial charge in [-0.15, -0.1) is 46.4 Å². The first-order chi connectivity index (χ1) is 8.02. The van der Waals surface area contributed by atoms with Crippen LogP contribution < -0.4 is 0 Å². The molecule has 2 aromatic carbocycles. The minimum atomic E-state index is -0.664. The maximum atomic E-state index is 6.02. The summed E-state index contributed by atoms with van der Waals surface area (Å²) >= 11 is 27.4. The molecule has 2 rings (SSSR count). The summed E-state index contributed by atoms with van der Waals surface area (Å²) in [6.45, 7) is 0. The normalized spacial score (nSPS) is 11.7. The van der Waals surface area contributed by atoms with Gasteiger partial charge in [0, 0.05) is 4.47 Å². The van der Waals surface area contributed by atoms with Gasteiger partial charge >= 0.3 is 0 Å². The lowest BCUT2D eigenvalue weighted by molar-refractivity contribution is 1.24. The van der Waals surface area contributed by atoms with Crippen LogP contribution in [0, 0.1) is 0 Å². The van der Waals surface area contributed by atoms with Crippen LogP contribution in [0.4, 0.5) is 0 Å². The molecule has 0 bridgehead atoms. The first-order valence-electron chi connectivity index (χ1n) is 4.79. The van der Waals surface area contributed by atoms with Crippen molar-refractivity contribution < 1.29 is 0 Å². The molecule has 0 radical (unpaired) electrons. The van der Waals surface area contributed by atoms with Gasteiger partial charge in [0.05, 0.1) is 0 Å². The quantitative estimate of drug-likeness (QED) is 0.524. The van der Waals surface area contributed by atoms with Gasteiger partial charge in [-0.05, 0) is 28.0 Å². The number of hydrogen-bond acceptors (Lipinski definition) is 0. The molecule has 0 amide bonds. The van der Waals surface area contributed by atoms with E-state index in [0.29, 0.717) is 0 Å². The lowest BCUT2D eigenvalue weighted by atomic mass is 10.0. The highest BCUT2D eigenvalue weighted by Crippen LogP contribution is 2.41. The molecule has 0 heterocycles. The predicted molar refractivity (Wildman–Crippen MR) is 80.5 cm³/mol. The molecule has 0 saturated heterocycles. The molecule has 0 fully saturated rings. The van der Waals surface area contributed by atoms with Crippen molar-refractivity contribution in [2.75, 3.05) is 0 Å². The Morgan fingerprint density at radius 1 is 0.824 bits per heavy atom. The molecule has 0 aliphatic carbocycles. The number of rotatable bonds is 2. The van der Waals surface area contributed by atoms with E-state index in [-0.39, 0.29) is 0 Å². The van der Waals surface area contributed by atoms with E-state index in [0.717, 1.165) is 26.4 Å². The van der Waals surface area contributed by atoms with Gasteiger partial charge in [-0.1, -0.05) is 40.2 Å². The van der Waals surface area contributed by atoms with Crippen LogP contribution in [0.15, 0.2) is 34.8 Å². The molecule has 0 nitrogen and oxygen atoms in total. The second kappa shape index (κ2) is 5.54. The SMILES string of the molecule is ClC(Cl)c1ccc2c(Br)cccc2c1C(Cl)Cl. The molecular formula is C12H7BrCl4. The van der Waals surface area contributed by atoms with E-state index in [4.69, 9.17) is 46.4 Å². The Hall–Kier alpha value is 0.340. The Morgan fingerprint density at radius 3 is 2.12 bits per heavy atom. The van der Waals surface area contributed by atoms with Crippen molar-refractivity contribution in [1.82, 2.24) is 0 Å². The van der Waals surface area contributed by atoms with Crippen molar-refractivity contribution in [3.63, 3.8) is 0 Å². The summed E-state index contributed by atoms with van der Waals surface area (Å²) in [5.41, 5.74) is 1.51. The fourth-order valence-corrected chi connectivity index (χ4v) is 3.16. The number of hydrogen-bond donors (Lipinski definition) is 0. The molecule has 2 aromatic rings. The van der Waals surface area contributed by atoms with Crippen LogP contribution in [0.1, 0.15) is 20.8 Å². The minimum Gasteiger partial charge on any atom is -0.100 e. The van der Waals surface area contributed by atoms with E-state index >= 15 is 0 Å². The zero-order valence-electron chi connectivity index (χ0n) is 8.43. The highest BCUT2D eigenvalue weighted by molar-refractivity contribution is 9.10. The lowest BCUT2D eigenvalue weighted by Gasteiger charge is -2.15. The van der Waals surface area contributed by atoms with Crippen LogP contribution in [0.3, 0.4) is 0 Å². The Bertz CT molecular complexity index is 551. The Balaban J connectivity index is 2.84. The van der Waals surface area contributed by atoms with Gasteiger partial charge in [0.25, 0.3) is 0 Å². The van der Waals surface area contributed by atoms with E-state index in [1.807, 2.05) is 30.3 Å². The summed E-state index contributed by atoms with van der Waals surface area (Å²) in [4.78, 5) is -1.31. The summed E-state index contributed by atoms with van der Waals surface area (Å²) in [5, 5.41) is 1.99. The first-order valence-corrected chi connectivity index (χ1v) is 7.33. The Morgan fingerprint density at radius 2 is 1.53 bits per heavy atom. The van der Waals surface area contributed by atoms with Crippen LogP contribution in [0.25, 0.3) is 10.8 Å². The Labute approximate surface area is 128 Å². The fraction of sp³-hybridized carbons (Fsp3) is 0.167. The largest absolute Gasteiger partial charge is 0.133 e. The van der Waals surface area contributed by atoms with Gasteiger partial charge in [-0.2, -0.15) is 0 Å². The zero-order chi connectivity index (χ0) is 12.6. The molecule has 0 N–H and O–H groups in total. The highest BCUT2D eigenvalue weighted by atomic mass is 79.9. The number of halogens is 5. The van der Waals surface area contributed by atoms with Crippen molar-refractivity contribution in [2.45, 2.75) is 9.67 Å². The van der Waals surface area contributed by atoms with E-state index in [2.05, 4.69) is 15.9 Å². The average molecular weight is 373 g/mol. The average Bonchev–Trinajstić information content (AvgIpc) is 2.27. The molecule has 0 unspecified atom stereocenters. The summed E-state index contributed by atoms with van der Waals surface area (Å²) in [6, 6.07) is 9.64. The van der Waals surface area contributed by atoms with Crippen LogP contribution in [-0.4, -0.2) is 0 Å². The van der Waals surface area contributed by atoms with Gasteiger partial charge in [-0.25, -0.2) is 0 Å². The van der Waals surface area contributed by atoms with E-state index < -0.39 is 9.67 Å². The van der Waals surface area contributed by atoms with Crippen molar-refractivity contribution >= 4 is 73.1 Å². The van der Waals surface area contributed by atoms with Gasteiger partial charge < -0.3 is 0 Å². The zero-order valence-corrected chi connectivity index (χ0v) is 13.0. The first kappa shape index (κ1) is 13.8. The third-order valence-corrected chi connectivity index (χ3v) is 4.14. The van der Waals surface area contributed by atoms with Gasteiger partial charge in [0.2, 0.25) is 0 Å². The molecule has 17 heavy (non-hydrogen) atoms. The van der Waals surface area contributed by atoms with E-state index in [1.54, 1.807) is 0 Å². The molecule has 0 spiro atoms. The van der Waals surface area contributed by atoms with Gasteiger partial charge in [0.1, 0.15) is 9.67 Å². The smallest absolute Gasteiger partial charge is 0.100 e. The topological polar surface area (TPSA) is 0 Å². The van der Waals surface area contributed by atoms with Crippen LogP contribution in [0.5, 0.6) is 0 Å². The van der Waals surface area contributed by atoms with Crippen LogP contribution >= 0.6 is 62.3 Å². The van der Waals surface area contributed by atoms with Crippen molar-refractivity contribution in [2.24, 2.45) is 0 Å². The van der Waals surface area contributed by atoms with Crippen molar-refractivity contribution in [3.8, 4) is 0 Å². The highest BCUT2D eigenvalue weighted by Gasteiger charge is 2.18. The summed E-state index contributed by atoms with van der Waals surface area (Å²) in [5.74, 6) is 0. The fourth-order valence-electron chi connectivity index (χ4n) is 1.79. The van der Waals surface area contributed by atoms with E-state index in [9.17, 15) is 0 Å². The minimum absolute atomic E-state index is 0.645. The second-order valence-electron chi connectivity index (χ2n) is 3.50. The predicted octanol–water partition coefficient (Wildman–Crippen LogP) is 6.55. The number of fused-ring (bicyclic) bond motifs is 1. The third kappa shape index (κ3) is 2.69. The number of benzene rings is 2. The molecular weight excluding hydrogens is 366 g/mol. The maximum absolute atomic E-state index is 6.02. The Kier molecular flexibility index (Phi) is 4.49. The molecule has 0 aromatic heterocycles. The van der Waals surface area contributed by atoms with Gasteiger partial charge in [-0.3, -0.25) is 0 Å². The van der Waals surface area contributed by atoms with Gasteiger partial charge in [0.15, 0.2) is 0 Å². The lowest BCUT2D eigenvalue weighted by Crippen LogP contribution is -1.95. The summed E-state index contributed by atoms with van der Waals surface area (Å²) in [6.07, 6.45) is 0. The standard InChI is InChI=1S/C12H7BrCl4/c13-9-3-1-2-7-6(9)4-5-8(11(14)15)10(7)12(16)17/h1-5,11-12H.